The highest BCUT2D eigenvalue weighted by molar-refractivity contribution is 5.93. The molecule has 5 rings (SSSR count). The van der Waals surface area contributed by atoms with Crippen LogP contribution in [-0.2, 0) is 4.74 Å². The van der Waals surface area contributed by atoms with Gasteiger partial charge in [0.2, 0.25) is 0 Å². The lowest BCUT2D eigenvalue weighted by Crippen LogP contribution is -2.19. The van der Waals surface area contributed by atoms with Crippen molar-refractivity contribution in [2.24, 2.45) is 5.92 Å². The Bertz CT molecular complexity index is 1290. The van der Waals surface area contributed by atoms with Crippen LogP contribution in [0.15, 0.2) is 48.7 Å². The van der Waals surface area contributed by atoms with Crippen molar-refractivity contribution in [3.8, 4) is 0 Å². The molecule has 2 aromatic carbocycles. The number of carbonyl (C=O) groups excluding carboxylic acids is 1. The summed E-state index contributed by atoms with van der Waals surface area (Å²) in [4.78, 5) is 24.4. The fourth-order valence-corrected chi connectivity index (χ4v) is 5.14. The maximum atomic E-state index is 13.9. The van der Waals surface area contributed by atoms with E-state index in [1.54, 1.807) is 24.3 Å². The normalized spacial score (nSPS) is 19.8. The molecule has 2 aromatic heterocycles. The average molecular weight is 432 g/mol. The topological polar surface area (TPSA) is 67.9 Å². The molecule has 1 fully saturated rings. The smallest absolute Gasteiger partial charge is 0.337 e. The Morgan fingerprint density at radius 3 is 2.66 bits per heavy atom. The molecule has 1 N–H and O–H groups in total. The number of hydrogen-bond acceptors (Lipinski definition) is 4. The standard InChI is InChI=1S/C26H26FN3O2/c1-15(25-29-23-9-7-18(26(31)32-2)13-24(23)30-25)16-3-5-17(6-4-16)20-11-12-28-22-10-8-19(27)14-21(20)22/h7-17H,3-6H2,1-2H3,(H,29,30). The van der Waals surface area contributed by atoms with E-state index in [0.29, 0.717) is 17.4 Å². The predicted molar refractivity (Wildman–Crippen MR) is 122 cm³/mol. The second-order valence-electron chi connectivity index (χ2n) is 8.81. The summed E-state index contributed by atoms with van der Waals surface area (Å²) in [6.07, 6.45) is 6.15. The number of halogens is 1. The first-order chi connectivity index (χ1) is 15.5. The third-order valence-electron chi connectivity index (χ3n) is 7.01. The summed E-state index contributed by atoms with van der Waals surface area (Å²) >= 11 is 0. The van der Waals surface area contributed by atoms with Crippen LogP contribution in [0.2, 0.25) is 0 Å². The Labute approximate surface area is 186 Å². The Morgan fingerprint density at radius 2 is 1.88 bits per heavy atom. The highest BCUT2D eigenvalue weighted by atomic mass is 19.1. The number of rotatable bonds is 4. The van der Waals surface area contributed by atoms with E-state index >= 15 is 0 Å². The van der Waals surface area contributed by atoms with Crippen LogP contribution < -0.4 is 0 Å². The number of methoxy groups -OCH3 is 1. The van der Waals surface area contributed by atoms with Crippen LogP contribution in [0.1, 0.15) is 66.2 Å². The minimum Gasteiger partial charge on any atom is -0.465 e. The zero-order valence-corrected chi connectivity index (χ0v) is 18.3. The van der Waals surface area contributed by atoms with Gasteiger partial charge >= 0.3 is 5.97 Å². The van der Waals surface area contributed by atoms with E-state index in [0.717, 1.165) is 53.4 Å². The number of fused-ring (bicyclic) bond motifs is 2. The molecule has 1 aliphatic carbocycles. The summed E-state index contributed by atoms with van der Waals surface area (Å²) in [6.45, 7) is 2.22. The van der Waals surface area contributed by atoms with E-state index in [-0.39, 0.29) is 17.7 Å². The minimum atomic E-state index is -0.349. The van der Waals surface area contributed by atoms with Crippen LogP contribution in [0, 0.1) is 11.7 Å². The summed E-state index contributed by atoms with van der Waals surface area (Å²) in [6, 6.07) is 12.3. The number of nitrogens with zero attached hydrogens (tertiary/aromatic N) is 2. The molecular formula is C26H26FN3O2. The van der Waals surface area contributed by atoms with Gasteiger partial charge in [-0.15, -0.1) is 0 Å². The van der Waals surface area contributed by atoms with Crippen molar-refractivity contribution >= 4 is 27.9 Å². The number of nitrogens with one attached hydrogen (secondary N) is 1. The maximum Gasteiger partial charge on any atom is 0.337 e. The number of carbonyl (C=O) groups is 1. The maximum absolute atomic E-state index is 13.9. The monoisotopic (exact) mass is 431 g/mol. The van der Waals surface area contributed by atoms with Gasteiger partial charge in [0.05, 0.1) is 29.2 Å². The van der Waals surface area contributed by atoms with E-state index < -0.39 is 0 Å². The molecular weight excluding hydrogens is 405 g/mol. The van der Waals surface area contributed by atoms with Gasteiger partial charge in [-0.25, -0.2) is 14.2 Å². The van der Waals surface area contributed by atoms with Crippen LogP contribution >= 0.6 is 0 Å². The molecule has 0 amide bonds. The number of benzene rings is 2. The van der Waals surface area contributed by atoms with Gasteiger partial charge in [-0.2, -0.15) is 0 Å². The van der Waals surface area contributed by atoms with Gasteiger partial charge in [0.25, 0.3) is 0 Å². The van der Waals surface area contributed by atoms with Crippen molar-refractivity contribution in [3.63, 3.8) is 0 Å². The fourth-order valence-electron chi connectivity index (χ4n) is 5.14. The van der Waals surface area contributed by atoms with Crippen LogP contribution in [0.25, 0.3) is 21.9 Å². The van der Waals surface area contributed by atoms with Gasteiger partial charge in [0.15, 0.2) is 0 Å². The summed E-state index contributed by atoms with van der Waals surface area (Å²) in [5.41, 5.74) is 4.30. The number of esters is 1. The first-order valence-corrected chi connectivity index (χ1v) is 11.2. The fraction of sp³-hybridized carbons (Fsp3) is 0.346. The molecule has 1 aliphatic rings. The van der Waals surface area contributed by atoms with Gasteiger partial charge in [0.1, 0.15) is 11.6 Å². The molecule has 5 nitrogen and oxygen atoms in total. The molecule has 1 atom stereocenters. The van der Waals surface area contributed by atoms with Gasteiger partial charge in [-0.1, -0.05) is 6.92 Å². The second-order valence-corrected chi connectivity index (χ2v) is 8.81. The first-order valence-electron chi connectivity index (χ1n) is 11.2. The van der Waals surface area contributed by atoms with E-state index in [9.17, 15) is 9.18 Å². The average Bonchev–Trinajstić information content (AvgIpc) is 3.26. The Hall–Kier alpha value is -3.28. The zero-order chi connectivity index (χ0) is 22.2. The van der Waals surface area contributed by atoms with E-state index in [1.807, 2.05) is 18.3 Å². The molecule has 1 saturated carbocycles. The Morgan fingerprint density at radius 1 is 1.09 bits per heavy atom. The largest absolute Gasteiger partial charge is 0.465 e. The third kappa shape index (κ3) is 3.74. The Kier molecular flexibility index (Phi) is 5.37. The van der Waals surface area contributed by atoms with Crippen molar-refractivity contribution in [3.05, 3.63) is 71.4 Å². The number of hydrogen-bond donors (Lipinski definition) is 1. The number of aromatic amines is 1. The van der Waals surface area contributed by atoms with Gasteiger partial charge in [-0.05, 0) is 85.5 Å². The second kappa shape index (κ2) is 8.34. The van der Waals surface area contributed by atoms with Crippen molar-refractivity contribution in [1.29, 1.82) is 0 Å². The number of pyridine rings is 1. The molecule has 0 spiro atoms. The quantitative estimate of drug-likeness (QED) is 0.396. The van der Waals surface area contributed by atoms with Crippen molar-refractivity contribution < 1.29 is 13.9 Å². The van der Waals surface area contributed by atoms with Crippen LogP contribution in [0.4, 0.5) is 4.39 Å². The molecule has 164 valence electrons. The summed E-state index contributed by atoms with van der Waals surface area (Å²) < 4.78 is 18.7. The van der Waals surface area contributed by atoms with Crippen LogP contribution in [0.5, 0.6) is 0 Å². The zero-order valence-electron chi connectivity index (χ0n) is 18.3. The summed E-state index contributed by atoms with van der Waals surface area (Å²) in [7, 11) is 1.38. The number of H-pyrrole nitrogens is 1. The van der Waals surface area contributed by atoms with Gasteiger partial charge in [-0.3, -0.25) is 4.98 Å². The Balaban J connectivity index is 1.32. The molecule has 6 heteroatoms. The summed E-state index contributed by atoms with van der Waals surface area (Å²) in [5.74, 6) is 1.63. The van der Waals surface area contributed by atoms with Crippen LogP contribution in [-0.4, -0.2) is 28.0 Å². The molecule has 4 aromatic rings. The lowest BCUT2D eigenvalue weighted by Gasteiger charge is -2.32. The molecule has 1 unspecified atom stereocenters. The summed E-state index contributed by atoms with van der Waals surface area (Å²) in [5, 5.41) is 0.933. The molecule has 0 bridgehead atoms. The van der Waals surface area contributed by atoms with Gasteiger partial charge in [0, 0.05) is 17.5 Å². The molecule has 0 aliphatic heterocycles. The molecule has 32 heavy (non-hydrogen) atoms. The number of imidazole rings is 1. The number of aromatic nitrogens is 3. The van der Waals surface area contributed by atoms with Gasteiger partial charge < -0.3 is 9.72 Å². The lowest BCUT2D eigenvalue weighted by molar-refractivity contribution is 0.0601. The predicted octanol–water partition coefficient (Wildman–Crippen LogP) is 6.11. The SMILES string of the molecule is COC(=O)c1ccc2nc(C(C)C3CCC(c4ccnc5ccc(F)cc45)CC3)[nH]c2c1. The minimum absolute atomic E-state index is 0.214. The molecule has 2 heterocycles. The van der Waals surface area contributed by atoms with E-state index in [4.69, 9.17) is 9.72 Å². The third-order valence-corrected chi connectivity index (χ3v) is 7.01. The van der Waals surface area contributed by atoms with Crippen molar-refractivity contribution in [2.45, 2.75) is 44.4 Å². The lowest BCUT2D eigenvalue weighted by atomic mass is 9.73. The highest BCUT2D eigenvalue weighted by Crippen LogP contribution is 2.43. The van der Waals surface area contributed by atoms with E-state index in [2.05, 4.69) is 16.9 Å². The highest BCUT2D eigenvalue weighted by Gasteiger charge is 2.29. The van der Waals surface area contributed by atoms with Crippen molar-refractivity contribution in [2.75, 3.05) is 7.11 Å². The number of ether oxygens (including phenoxy) is 1. The van der Waals surface area contributed by atoms with E-state index in [1.165, 1.54) is 18.7 Å². The van der Waals surface area contributed by atoms with Crippen molar-refractivity contribution in [1.82, 2.24) is 15.0 Å². The molecule has 0 saturated heterocycles. The first kappa shape index (κ1) is 20.6. The van der Waals surface area contributed by atoms with Crippen LogP contribution in [0.3, 0.4) is 0 Å². The molecule has 0 radical (unpaired) electrons.